The van der Waals surface area contributed by atoms with Crippen LogP contribution in [0.3, 0.4) is 0 Å². The van der Waals surface area contributed by atoms with Crippen LogP contribution in [0, 0.1) is 0 Å². The van der Waals surface area contributed by atoms with E-state index in [0.29, 0.717) is 11.2 Å². The highest BCUT2D eigenvalue weighted by molar-refractivity contribution is 5.73. The Bertz CT molecular complexity index is 590. The van der Waals surface area contributed by atoms with Crippen molar-refractivity contribution in [2.75, 3.05) is 0 Å². The average molecular weight is 198 g/mol. The molecule has 0 aliphatic heterocycles. The van der Waals surface area contributed by atoms with Crippen molar-refractivity contribution in [1.29, 1.82) is 0 Å². The van der Waals surface area contributed by atoms with Crippen LogP contribution >= 0.6 is 0 Å². The highest BCUT2D eigenvalue weighted by atomic mass is 16.6. The van der Waals surface area contributed by atoms with E-state index in [9.17, 15) is 0 Å². The van der Waals surface area contributed by atoms with Crippen LogP contribution in [0.2, 0.25) is 0 Å². The zero-order valence-corrected chi connectivity index (χ0v) is 7.66. The van der Waals surface area contributed by atoms with E-state index in [1.165, 1.54) is 0 Å². The predicted octanol–water partition coefficient (Wildman–Crippen LogP) is 1.68. The summed E-state index contributed by atoms with van der Waals surface area (Å²) < 4.78 is 4.58. The zero-order valence-electron chi connectivity index (χ0n) is 7.66. The molecule has 0 saturated carbocycles. The van der Waals surface area contributed by atoms with Crippen molar-refractivity contribution in [3.8, 4) is 11.3 Å². The maximum Gasteiger partial charge on any atom is 0.224 e. The van der Waals surface area contributed by atoms with Gasteiger partial charge in [-0.15, -0.1) is 0 Å². The van der Waals surface area contributed by atoms with E-state index in [1.807, 2.05) is 24.3 Å². The molecule has 0 amide bonds. The molecule has 0 unspecified atom stereocenters. The molecule has 0 N–H and O–H groups in total. The Kier molecular flexibility index (Phi) is 1.68. The number of fused-ring (bicyclic) bond motifs is 1. The summed E-state index contributed by atoms with van der Waals surface area (Å²) in [6, 6.07) is 7.49. The van der Waals surface area contributed by atoms with Gasteiger partial charge in [-0.3, -0.25) is 4.98 Å². The minimum atomic E-state index is 0.518. The van der Waals surface area contributed by atoms with Crippen LogP contribution < -0.4 is 0 Å². The van der Waals surface area contributed by atoms with Crippen LogP contribution in [-0.4, -0.2) is 20.3 Å². The molecule has 0 spiro atoms. The van der Waals surface area contributed by atoms with E-state index in [4.69, 9.17) is 0 Å². The Morgan fingerprint density at radius 1 is 0.933 bits per heavy atom. The molecule has 0 radical (unpaired) electrons. The minimum Gasteiger partial charge on any atom is -0.265 e. The predicted molar refractivity (Wildman–Crippen MR) is 52.8 cm³/mol. The summed E-state index contributed by atoms with van der Waals surface area (Å²) in [5, 5.41) is 7.38. The highest BCUT2D eigenvalue weighted by Crippen LogP contribution is 2.17. The molecule has 3 heterocycles. The molecule has 0 bridgehead atoms. The molecule has 0 aliphatic rings. The molecule has 3 aromatic rings. The van der Waals surface area contributed by atoms with Gasteiger partial charge in [0.2, 0.25) is 5.65 Å². The van der Waals surface area contributed by atoms with Crippen molar-refractivity contribution in [2.24, 2.45) is 0 Å². The quantitative estimate of drug-likeness (QED) is 0.595. The summed E-state index contributed by atoms with van der Waals surface area (Å²) >= 11 is 0. The van der Waals surface area contributed by atoms with Crippen LogP contribution in [0.25, 0.3) is 22.4 Å². The molecule has 3 aromatic heterocycles. The van der Waals surface area contributed by atoms with Gasteiger partial charge in [0.15, 0.2) is 5.52 Å². The number of nitrogens with zero attached hydrogens (tertiary/aromatic N) is 4. The van der Waals surface area contributed by atoms with Gasteiger partial charge in [-0.25, -0.2) is 9.61 Å². The van der Waals surface area contributed by atoms with Crippen molar-refractivity contribution in [1.82, 2.24) is 20.3 Å². The number of hydrogen-bond acceptors (Lipinski definition) is 5. The Balaban J connectivity index is 2.19. The molecule has 72 valence electrons. The average Bonchev–Trinajstić information content (AvgIpc) is 2.77. The van der Waals surface area contributed by atoms with Crippen LogP contribution in [-0.2, 0) is 0 Å². The first-order valence-electron chi connectivity index (χ1n) is 4.43. The van der Waals surface area contributed by atoms with Gasteiger partial charge in [0.1, 0.15) is 0 Å². The number of pyridine rings is 2. The van der Waals surface area contributed by atoms with Gasteiger partial charge in [-0.1, -0.05) is 0 Å². The standard InChI is InChI=1S/C10H6N4O/c1-2-9-10(14-15-13-9)12-8(1)7-3-5-11-6-4-7/h1-6H. The molecule has 5 nitrogen and oxygen atoms in total. The summed E-state index contributed by atoms with van der Waals surface area (Å²) in [4.78, 5) is 8.26. The first kappa shape index (κ1) is 8.05. The van der Waals surface area contributed by atoms with E-state index >= 15 is 0 Å². The monoisotopic (exact) mass is 198 g/mol. The molecule has 15 heavy (non-hydrogen) atoms. The van der Waals surface area contributed by atoms with Crippen LogP contribution in [0.4, 0.5) is 0 Å². The van der Waals surface area contributed by atoms with Gasteiger partial charge in [0.05, 0.1) is 5.69 Å². The van der Waals surface area contributed by atoms with Crippen molar-refractivity contribution < 1.29 is 4.63 Å². The van der Waals surface area contributed by atoms with E-state index in [1.54, 1.807) is 12.4 Å². The summed E-state index contributed by atoms with van der Waals surface area (Å²) in [6.07, 6.45) is 3.45. The lowest BCUT2D eigenvalue weighted by atomic mass is 10.2. The molecule has 0 aromatic carbocycles. The molecule has 5 heteroatoms. The molecule has 0 fully saturated rings. The van der Waals surface area contributed by atoms with Gasteiger partial charge in [-0.05, 0) is 34.6 Å². The second-order valence-electron chi connectivity index (χ2n) is 3.04. The second-order valence-corrected chi connectivity index (χ2v) is 3.04. The Morgan fingerprint density at radius 3 is 2.67 bits per heavy atom. The third-order valence-electron chi connectivity index (χ3n) is 2.10. The van der Waals surface area contributed by atoms with E-state index in [-0.39, 0.29) is 0 Å². The first-order chi connectivity index (χ1) is 7.43. The number of aromatic nitrogens is 4. The van der Waals surface area contributed by atoms with Crippen molar-refractivity contribution in [3.05, 3.63) is 36.7 Å². The van der Waals surface area contributed by atoms with Gasteiger partial charge in [0, 0.05) is 18.0 Å². The molecule has 0 aliphatic carbocycles. The van der Waals surface area contributed by atoms with E-state index in [0.717, 1.165) is 11.3 Å². The topological polar surface area (TPSA) is 64.7 Å². The van der Waals surface area contributed by atoms with Crippen molar-refractivity contribution in [3.63, 3.8) is 0 Å². The summed E-state index contributed by atoms with van der Waals surface area (Å²) in [7, 11) is 0. The molecule has 0 saturated heterocycles. The SMILES string of the molecule is c1cc(-c2ccc3nonc3n2)ccn1. The van der Waals surface area contributed by atoms with Crippen molar-refractivity contribution >= 4 is 11.2 Å². The fourth-order valence-corrected chi connectivity index (χ4v) is 1.37. The molecule has 3 rings (SSSR count). The lowest BCUT2D eigenvalue weighted by Gasteiger charge is -1.97. The zero-order chi connectivity index (χ0) is 10.1. The Labute approximate surface area is 84.7 Å². The highest BCUT2D eigenvalue weighted by Gasteiger charge is 2.04. The number of hydrogen-bond donors (Lipinski definition) is 0. The lowest BCUT2D eigenvalue weighted by molar-refractivity contribution is 0.315. The minimum absolute atomic E-state index is 0.518. The Morgan fingerprint density at radius 2 is 1.80 bits per heavy atom. The fourth-order valence-electron chi connectivity index (χ4n) is 1.37. The van der Waals surface area contributed by atoms with Crippen LogP contribution in [0.1, 0.15) is 0 Å². The summed E-state index contributed by atoms with van der Waals surface area (Å²) in [6.45, 7) is 0. The molecular formula is C10H6N4O. The van der Waals surface area contributed by atoms with Gasteiger partial charge in [0.25, 0.3) is 0 Å². The van der Waals surface area contributed by atoms with Gasteiger partial charge in [-0.2, -0.15) is 0 Å². The third kappa shape index (κ3) is 1.34. The summed E-state index contributed by atoms with van der Waals surface area (Å²) in [5.41, 5.74) is 3.01. The fraction of sp³-hybridized carbons (Fsp3) is 0. The van der Waals surface area contributed by atoms with E-state index < -0.39 is 0 Å². The maximum atomic E-state index is 4.58. The second kappa shape index (κ2) is 3.13. The third-order valence-corrected chi connectivity index (χ3v) is 2.10. The molecular weight excluding hydrogens is 192 g/mol. The normalized spacial score (nSPS) is 10.7. The first-order valence-corrected chi connectivity index (χ1v) is 4.43. The van der Waals surface area contributed by atoms with E-state index in [2.05, 4.69) is 24.9 Å². The molecule has 0 atom stereocenters. The van der Waals surface area contributed by atoms with Crippen LogP contribution in [0.15, 0.2) is 41.3 Å². The van der Waals surface area contributed by atoms with Gasteiger partial charge < -0.3 is 0 Å². The van der Waals surface area contributed by atoms with Crippen LogP contribution in [0.5, 0.6) is 0 Å². The lowest BCUT2D eigenvalue weighted by Crippen LogP contribution is -1.84. The maximum absolute atomic E-state index is 4.58. The smallest absolute Gasteiger partial charge is 0.224 e. The largest absolute Gasteiger partial charge is 0.265 e. The van der Waals surface area contributed by atoms with Crippen molar-refractivity contribution in [2.45, 2.75) is 0 Å². The van der Waals surface area contributed by atoms with Gasteiger partial charge >= 0.3 is 0 Å². The Hall–Kier alpha value is -2.30. The number of rotatable bonds is 1. The summed E-state index contributed by atoms with van der Waals surface area (Å²) in [5.74, 6) is 0.